The number of likely N-dealkylation sites (tertiary alicyclic amines) is 1. The number of ether oxygens (including phenoxy) is 2. The van der Waals surface area contributed by atoms with Crippen LogP contribution in [-0.4, -0.2) is 77.7 Å². The molecule has 1 N–H and O–H groups in total. The molecule has 3 aromatic rings. The Bertz CT molecular complexity index is 1270. The van der Waals surface area contributed by atoms with Gasteiger partial charge in [0.15, 0.2) is 0 Å². The van der Waals surface area contributed by atoms with Crippen LogP contribution in [0.25, 0.3) is 10.2 Å². The maximum atomic E-state index is 12.6. The van der Waals surface area contributed by atoms with E-state index in [9.17, 15) is 10.1 Å². The number of fused-ring (bicyclic) bond motifs is 1. The van der Waals surface area contributed by atoms with Gasteiger partial charge in [-0.15, -0.1) is 11.3 Å². The minimum absolute atomic E-state index is 0.186. The van der Waals surface area contributed by atoms with E-state index in [0.717, 1.165) is 47.3 Å². The second-order valence-electron chi connectivity index (χ2n) is 9.33. The topological polar surface area (TPSA) is 104 Å². The third kappa shape index (κ3) is 5.43. The number of thiophene rings is 1. The number of piperidine rings is 1. The molecule has 36 heavy (non-hydrogen) atoms. The van der Waals surface area contributed by atoms with Gasteiger partial charge in [-0.05, 0) is 61.4 Å². The molecule has 0 spiro atoms. The summed E-state index contributed by atoms with van der Waals surface area (Å²) < 4.78 is 12.5. The van der Waals surface area contributed by atoms with Crippen LogP contribution in [0.15, 0.2) is 23.6 Å². The minimum Gasteiger partial charge on any atom is -0.437 e. The fourth-order valence-corrected chi connectivity index (χ4v) is 5.52. The number of amides is 1. The number of hydrogen-bond donors (Lipinski definition) is 1. The molecule has 0 radical (unpaired) electrons. The standard InChI is InChI=1S/C26H30N6O3S/c1-17-13-19(15-27)14-18(2)23(17)35-25-24-21(5-12-36-24)29-26(30-25)28-20-3-6-31(7-4-20)16-22(33)32-8-10-34-11-9-32/h5,12-14,20H,3-4,6-11,16H2,1-2H3,(H,28,29,30). The largest absolute Gasteiger partial charge is 0.437 e. The van der Waals surface area contributed by atoms with Gasteiger partial charge in [-0.3, -0.25) is 9.69 Å². The number of benzene rings is 1. The lowest BCUT2D eigenvalue weighted by Crippen LogP contribution is -2.48. The van der Waals surface area contributed by atoms with Crippen LogP contribution in [0.1, 0.15) is 29.5 Å². The molecule has 0 unspecified atom stereocenters. The number of nitrogens with zero attached hydrogens (tertiary/aromatic N) is 5. The van der Waals surface area contributed by atoms with Crippen LogP contribution in [0.4, 0.5) is 5.95 Å². The highest BCUT2D eigenvalue weighted by atomic mass is 32.1. The normalized spacial score (nSPS) is 17.2. The highest BCUT2D eigenvalue weighted by Crippen LogP contribution is 2.35. The molecule has 2 aliphatic rings. The monoisotopic (exact) mass is 506 g/mol. The zero-order valence-corrected chi connectivity index (χ0v) is 21.4. The van der Waals surface area contributed by atoms with Gasteiger partial charge in [-0.25, -0.2) is 4.98 Å². The van der Waals surface area contributed by atoms with E-state index in [4.69, 9.17) is 19.4 Å². The SMILES string of the molecule is Cc1cc(C#N)cc(C)c1Oc1nc(NC2CCN(CC(=O)N3CCOCC3)CC2)nc2ccsc12. The van der Waals surface area contributed by atoms with Gasteiger partial charge in [0.25, 0.3) is 0 Å². The van der Waals surface area contributed by atoms with Crippen molar-refractivity contribution in [2.24, 2.45) is 0 Å². The Balaban J connectivity index is 1.25. The molecule has 1 aromatic carbocycles. The fraction of sp³-hybridized carbons (Fsp3) is 0.462. The van der Waals surface area contributed by atoms with E-state index >= 15 is 0 Å². The first-order chi connectivity index (χ1) is 17.5. The first-order valence-corrected chi connectivity index (χ1v) is 13.2. The van der Waals surface area contributed by atoms with Crippen LogP contribution >= 0.6 is 11.3 Å². The first-order valence-electron chi connectivity index (χ1n) is 12.3. The number of morpholine rings is 1. The third-order valence-corrected chi connectivity index (χ3v) is 7.60. The van der Waals surface area contributed by atoms with E-state index in [1.54, 1.807) is 11.3 Å². The maximum absolute atomic E-state index is 12.6. The van der Waals surface area contributed by atoms with E-state index in [1.165, 1.54) is 0 Å². The van der Waals surface area contributed by atoms with Crippen molar-refractivity contribution in [3.05, 3.63) is 40.3 Å². The molecular weight excluding hydrogens is 476 g/mol. The van der Waals surface area contributed by atoms with E-state index in [2.05, 4.69) is 16.3 Å². The first kappa shape index (κ1) is 24.4. The van der Waals surface area contributed by atoms with Crippen molar-refractivity contribution in [3.8, 4) is 17.7 Å². The summed E-state index contributed by atoms with van der Waals surface area (Å²) in [5.74, 6) is 1.96. The van der Waals surface area contributed by atoms with Crippen LogP contribution < -0.4 is 10.1 Å². The van der Waals surface area contributed by atoms with Crippen molar-refractivity contribution in [1.29, 1.82) is 5.26 Å². The summed E-state index contributed by atoms with van der Waals surface area (Å²) in [6.45, 7) is 8.66. The molecule has 10 heteroatoms. The lowest BCUT2D eigenvalue weighted by molar-refractivity contribution is -0.136. The molecule has 5 rings (SSSR count). The molecule has 0 saturated carbocycles. The second-order valence-corrected chi connectivity index (χ2v) is 10.2. The van der Waals surface area contributed by atoms with E-state index in [0.29, 0.717) is 56.0 Å². The highest BCUT2D eigenvalue weighted by molar-refractivity contribution is 7.17. The van der Waals surface area contributed by atoms with E-state index in [-0.39, 0.29) is 11.9 Å². The molecule has 0 atom stereocenters. The van der Waals surface area contributed by atoms with Gasteiger partial charge in [-0.2, -0.15) is 10.2 Å². The number of nitrogens with one attached hydrogen (secondary N) is 1. The van der Waals surface area contributed by atoms with Gasteiger partial charge >= 0.3 is 0 Å². The highest BCUT2D eigenvalue weighted by Gasteiger charge is 2.25. The quantitative estimate of drug-likeness (QED) is 0.540. The van der Waals surface area contributed by atoms with Crippen LogP contribution in [-0.2, 0) is 9.53 Å². The van der Waals surface area contributed by atoms with Crippen molar-refractivity contribution in [2.75, 3.05) is 51.3 Å². The summed E-state index contributed by atoms with van der Waals surface area (Å²) in [6.07, 6.45) is 1.82. The van der Waals surface area contributed by atoms with Gasteiger partial charge in [-0.1, -0.05) is 0 Å². The van der Waals surface area contributed by atoms with Crippen LogP contribution in [0.5, 0.6) is 11.6 Å². The average molecular weight is 507 g/mol. The van der Waals surface area contributed by atoms with Gasteiger partial charge in [0, 0.05) is 32.2 Å². The van der Waals surface area contributed by atoms with Crippen molar-refractivity contribution in [1.82, 2.24) is 19.8 Å². The molecule has 2 fully saturated rings. The Hall–Kier alpha value is -3.26. The Morgan fingerprint density at radius 2 is 1.92 bits per heavy atom. The molecule has 0 aliphatic carbocycles. The number of anilines is 1. The molecule has 2 saturated heterocycles. The second kappa shape index (κ2) is 10.8. The van der Waals surface area contributed by atoms with Gasteiger partial charge in [0.2, 0.25) is 17.7 Å². The van der Waals surface area contributed by atoms with Crippen molar-refractivity contribution in [2.45, 2.75) is 32.7 Å². The predicted octanol–water partition coefficient (Wildman–Crippen LogP) is 3.71. The summed E-state index contributed by atoms with van der Waals surface area (Å²) in [5.41, 5.74) is 3.23. The molecule has 1 amide bonds. The third-order valence-electron chi connectivity index (χ3n) is 6.70. The molecule has 188 valence electrons. The van der Waals surface area contributed by atoms with E-state index in [1.807, 2.05) is 42.3 Å². The molecule has 2 aliphatic heterocycles. The lowest BCUT2D eigenvalue weighted by Gasteiger charge is -2.34. The molecule has 0 bridgehead atoms. The fourth-order valence-electron chi connectivity index (χ4n) is 4.76. The number of carbonyl (C=O) groups is 1. The van der Waals surface area contributed by atoms with Crippen molar-refractivity contribution < 1.29 is 14.3 Å². The van der Waals surface area contributed by atoms with Crippen LogP contribution in [0, 0.1) is 25.2 Å². The average Bonchev–Trinajstić information content (AvgIpc) is 3.36. The van der Waals surface area contributed by atoms with Crippen molar-refractivity contribution >= 4 is 33.4 Å². The summed E-state index contributed by atoms with van der Waals surface area (Å²) in [4.78, 5) is 26.1. The predicted molar refractivity (Wildman–Crippen MR) is 139 cm³/mol. The number of rotatable bonds is 6. The number of carbonyl (C=O) groups excluding carboxylic acids is 1. The molecule has 9 nitrogen and oxygen atoms in total. The smallest absolute Gasteiger partial charge is 0.242 e. The Morgan fingerprint density at radius 3 is 2.61 bits per heavy atom. The number of nitriles is 1. The number of aromatic nitrogens is 2. The zero-order valence-electron chi connectivity index (χ0n) is 20.6. The number of aryl methyl sites for hydroxylation is 2. The lowest BCUT2D eigenvalue weighted by atomic mass is 10.1. The summed E-state index contributed by atoms with van der Waals surface area (Å²) in [7, 11) is 0. The van der Waals surface area contributed by atoms with Crippen LogP contribution in [0.3, 0.4) is 0 Å². The summed E-state index contributed by atoms with van der Waals surface area (Å²) >= 11 is 1.54. The van der Waals surface area contributed by atoms with Gasteiger partial charge < -0.3 is 19.7 Å². The Kier molecular flexibility index (Phi) is 7.32. The van der Waals surface area contributed by atoms with Crippen LogP contribution in [0.2, 0.25) is 0 Å². The van der Waals surface area contributed by atoms with E-state index < -0.39 is 0 Å². The molecule has 2 aromatic heterocycles. The Morgan fingerprint density at radius 1 is 1.19 bits per heavy atom. The summed E-state index contributed by atoms with van der Waals surface area (Å²) in [5, 5.41) is 14.7. The number of hydrogen-bond acceptors (Lipinski definition) is 9. The Labute approximate surface area is 214 Å². The summed E-state index contributed by atoms with van der Waals surface area (Å²) in [6, 6.07) is 8.04. The molecular formula is C26H30N6O3S. The zero-order chi connectivity index (χ0) is 25.1. The van der Waals surface area contributed by atoms with Gasteiger partial charge in [0.1, 0.15) is 10.4 Å². The maximum Gasteiger partial charge on any atom is 0.242 e. The van der Waals surface area contributed by atoms with Gasteiger partial charge in [0.05, 0.1) is 36.9 Å². The minimum atomic E-state index is 0.186. The van der Waals surface area contributed by atoms with Crippen molar-refractivity contribution in [3.63, 3.8) is 0 Å². The molecule has 4 heterocycles.